The molecular weight excluding hydrogens is 276 g/mol. The van der Waals surface area contributed by atoms with E-state index in [4.69, 9.17) is 4.74 Å². The topological polar surface area (TPSA) is 42.4 Å². The van der Waals surface area contributed by atoms with Gasteiger partial charge < -0.3 is 9.64 Å². The van der Waals surface area contributed by atoms with Crippen molar-refractivity contribution < 1.29 is 9.53 Å². The molecule has 1 aromatic heterocycles. The van der Waals surface area contributed by atoms with Crippen molar-refractivity contribution in [1.29, 1.82) is 0 Å². The van der Waals surface area contributed by atoms with E-state index < -0.39 is 0 Å². The third kappa shape index (κ3) is 3.02. The second kappa shape index (κ2) is 6.28. The van der Waals surface area contributed by atoms with Crippen LogP contribution in [0.1, 0.15) is 35.9 Å². The average molecular weight is 296 g/mol. The average Bonchev–Trinajstić information content (AvgIpc) is 2.56. The lowest BCUT2D eigenvalue weighted by molar-refractivity contribution is 0.0212. The summed E-state index contributed by atoms with van der Waals surface area (Å²) < 4.78 is 5.97. The van der Waals surface area contributed by atoms with Crippen LogP contribution in [0.5, 0.6) is 0 Å². The van der Waals surface area contributed by atoms with Gasteiger partial charge in [-0.25, -0.2) is 4.98 Å². The lowest BCUT2D eigenvalue weighted by Crippen LogP contribution is -2.45. The fourth-order valence-electron chi connectivity index (χ4n) is 2.71. The van der Waals surface area contributed by atoms with E-state index in [9.17, 15) is 4.79 Å². The quantitative estimate of drug-likeness (QED) is 0.815. The van der Waals surface area contributed by atoms with E-state index in [1.807, 2.05) is 30.3 Å². The standard InChI is InChI=1S/C18H20N2O2/c1-13-12-22-17(15-6-4-3-5-7-15)11-20(13)18-9-8-16(10-19-18)14(2)21/h3-10,13,17H,11-12H2,1-2H3/t13-,17+/m1/s1. The molecule has 22 heavy (non-hydrogen) atoms. The predicted molar refractivity (Wildman–Crippen MR) is 86.2 cm³/mol. The second-order valence-corrected chi connectivity index (χ2v) is 5.70. The van der Waals surface area contributed by atoms with E-state index in [1.54, 1.807) is 13.1 Å². The second-order valence-electron chi connectivity index (χ2n) is 5.70. The van der Waals surface area contributed by atoms with E-state index in [0.717, 1.165) is 12.4 Å². The first-order valence-corrected chi connectivity index (χ1v) is 7.55. The Morgan fingerprint density at radius 3 is 2.64 bits per heavy atom. The lowest BCUT2D eigenvalue weighted by atomic mass is 10.1. The van der Waals surface area contributed by atoms with E-state index >= 15 is 0 Å². The van der Waals surface area contributed by atoms with Crippen LogP contribution >= 0.6 is 0 Å². The number of Topliss-reactive ketones (excluding diaryl/α,β-unsaturated/α-hetero) is 1. The molecule has 4 nitrogen and oxygen atoms in total. The smallest absolute Gasteiger partial charge is 0.161 e. The van der Waals surface area contributed by atoms with Crippen molar-refractivity contribution in [2.75, 3.05) is 18.1 Å². The van der Waals surface area contributed by atoms with Gasteiger partial charge in [-0.15, -0.1) is 0 Å². The van der Waals surface area contributed by atoms with Gasteiger partial charge in [0.05, 0.1) is 19.2 Å². The zero-order chi connectivity index (χ0) is 15.5. The lowest BCUT2D eigenvalue weighted by Gasteiger charge is -2.39. The summed E-state index contributed by atoms with van der Waals surface area (Å²) in [6, 6.07) is 14.3. The summed E-state index contributed by atoms with van der Waals surface area (Å²) in [6.07, 6.45) is 1.70. The highest BCUT2D eigenvalue weighted by atomic mass is 16.5. The number of carbonyl (C=O) groups is 1. The van der Waals surface area contributed by atoms with E-state index in [1.165, 1.54) is 5.56 Å². The fraction of sp³-hybridized carbons (Fsp3) is 0.333. The molecule has 0 saturated carbocycles. The molecule has 0 bridgehead atoms. The molecule has 2 heterocycles. The molecule has 1 aliphatic heterocycles. The van der Waals surface area contributed by atoms with E-state index in [2.05, 4.69) is 28.9 Å². The molecular formula is C18H20N2O2. The minimum absolute atomic E-state index is 0.0382. The van der Waals surface area contributed by atoms with Crippen LogP contribution in [0.25, 0.3) is 0 Å². The van der Waals surface area contributed by atoms with Crippen LogP contribution in [-0.4, -0.2) is 30.0 Å². The number of carbonyl (C=O) groups excluding carboxylic acids is 1. The molecule has 4 heteroatoms. The van der Waals surface area contributed by atoms with Gasteiger partial charge in [0.1, 0.15) is 11.9 Å². The number of benzene rings is 1. The molecule has 0 amide bonds. The first-order chi connectivity index (χ1) is 10.6. The van der Waals surface area contributed by atoms with E-state index in [0.29, 0.717) is 12.2 Å². The molecule has 2 atom stereocenters. The van der Waals surface area contributed by atoms with Crippen molar-refractivity contribution in [1.82, 2.24) is 4.98 Å². The first-order valence-electron chi connectivity index (χ1n) is 7.55. The van der Waals surface area contributed by atoms with Crippen LogP contribution in [0, 0.1) is 0 Å². The van der Waals surface area contributed by atoms with Gasteiger partial charge in [0.25, 0.3) is 0 Å². The van der Waals surface area contributed by atoms with E-state index in [-0.39, 0.29) is 17.9 Å². The maximum Gasteiger partial charge on any atom is 0.161 e. The molecule has 1 aromatic carbocycles. The van der Waals surface area contributed by atoms with Crippen LogP contribution in [0.2, 0.25) is 0 Å². The summed E-state index contributed by atoms with van der Waals surface area (Å²) in [5.74, 6) is 0.929. The fourth-order valence-corrected chi connectivity index (χ4v) is 2.71. The van der Waals surface area contributed by atoms with Crippen molar-refractivity contribution in [2.24, 2.45) is 0 Å². The van der Waals surface area contributed by atoms with Gasteiger partial charge in [0, 0.05) is 11.8 Å². The molecule has 0 radical (unpaired) electrons. The SMILES string of the molecule is CC(=O)c1ccc(N2C[C@@H](c3ccccc3)OC[C@H]2C)nc1. The van der Waals surface area contributed by atoms with Crippen LogP contribution in [0.15, 0.2) is 48.7 Å². The van der Waals surface area contributed by atoms with Crippen LogP contribution in [0.3, 0.4) is 0 Å². The molecule has 0 aliphatic carbocycles. The Labute approximate surface area is 130 Å². The Morgan fingerprint density at radius 1 is 1.23 bits per heavy atom. The summed E-state index contributed by atoms with van der Waals surface area (Å²) in [5, 5.41) is 0. The minimum Gasteiger partial charge on any atom is -0.370 e. The number of hydrogen-bond acceptors (Lipinski definition) is 4. The normalized spacial score (nSPS) is 21.6. The number of nitrogens with zero attached hydrogens (tertiary/aromatic N) is 2. The molecule has 0 N–H and O–H groups in total. The number of anilines is 1. The van der Waals surface area contributed by atoms with Crippen LogP contribution < -0.4 is 4.90 Å². The van der Waals surface area contributed by atoms with Gasteiger partial charge in [0.15, 0.2) is 5.78 Å². The Bertz CT molecular complexity index is 640. The number of hydrogen-bond donors (Lipinski definition) is 0. The Hall–Kier alpha value is -2.20. The maximum atomic E-state index is 11.4. The number of ketones is 1. The van der Waals surface area contributed by atoms with Gasteiger partial charge in [-0.3, -0.25) is 4.79 Å². The van der Waals surface area contributed by atoms with Gasteiger partial charge in [-0.1, -0.05) is 30.3 Å². The Kier molecular flexibility index (Phi) is 4.20. The van der Waals surface area contributed by atoms with Crippen molar-refractivity contribution in [3.8, 4) is 0 Å². The zero-order valence-corrected chi connectivity index (χ0v) is 12.9. The zero-order valence-electron chi connectivity index (χ0n) is 12.9. The molecule has 1 aliphatic rings. The van der Waals surface area contributed by atoms with Crippen LogP contribution in [0.4, 0.5) is 5.82 Å². The third-order valence-corrected chi connectivity index (χ3v) is 4.05. The number of morpholine rings is 1. The minimum atomic E-state index is 0.0382. The van der Waals surface area contributed by atoms with Crippen molar-refractivity contribution in [3.05, 3.63) is 59.8 Å². The number of rotatable bonds is 3. The monoisotopic (exact) mass is 296 g/mol. The number of ether oxygens (including phenoxy) is 1. The van der Waals surface area contributed by atoms with Gasteiger partial charge >= 0.3 is 0 Å². The predicted octanol–water partition coefficient (Wildman–Crippen LogP) is 3.25. The summed E-state index contributed by atoms with van der Waals surface area (Å²) in [5.41, 5.74) is 1.82. The van der Waals surface area contributed by atoms with Crippen molar-refractivity contribution in [2.45, 2.75) is 26.0 Å². The summed E-state index contributed by atoms with van der Waals surface area (Å²) in [4.78, 5) is 18.1. The Balaban J connectivity index is 1.81. The molecule has 0 unspecified atom stereocenters. The highest BCUT2D eigenvalue weighted by Gasteiger charge is 2.27. The maximum absolute atomic E-state index is 11.4. The largest absolute Gasteiger partial charge is 0.370 e. The molecule has 2 aromatic rings. The van der Waals surface area contributed by atoms with Crippen LogP contribution in [-0.2, 0) is 4.74 Å². The van der Waals surface area contributed by atoms with Gasteiger partial charge in [-0.05, 0) is 31.5 Å². The molecule has 3 rings (SSSR count). The van der Waals surface area contributed by atoms with Gasteiger partial charge in [0.2, 0.25) is 0 Å². The highest BCUT2D eigenvalue weighted by Crippen LogP contribution is 2.27. The van der Waals surface area contributed by atoms with Crippen molar-refractivity contribution >= 4 is 11.6 Å². The molecule has 114 valence electrons. The highest BCUT2D eigenvalue weighted by molar-refractivity contribution is 5.93. The summed E-state index contributed by atoms with van der Waals surface area (Å²) in [7, 11) is 0. The van der Waals surface area contributed by atoms with Crippen molar-refractivity contribution in [3.63, 3.8) is 0 Å². The summed E-state index contributed by atoms with van der Waals surface area (Å²) >= 11 is 0. The Morgan fingerprint density at radius 2 is 2.00 bits per heavy atom. The summed E-state index contributed by atoms with van der Waals surface area (Å²) in [6.45, 7) is 5.11. The number of aromatic nitrogens is 1. The first kappa shape index (κ1) is 14.7. The number of pyridine rings is 1. The molecule has 1 fully saturated rings. The third-order valence-electron chi connectivity index (χ3n) is 4.05. The van der Waals surface area contributed by atoms with Gasteiger partial charge in [-0.2, -0.15) is 0 Å². The molecule has 0 spiro atoms. The molecule has 1 saturated heterocycles.